The van der Waals surface area contributed by atoms with Gasteiger partial charge in [0.25, 0.3) is 0 Å². The van der Waals surface area contributed by atoms with Gasteiger partial charge in [0.2, 0.25) is 5.91 Å². The van der Waals surface area contributed by atoms with E-state index in [1.807, 2.05) is 30.0 Å². The van der Waals surface area contributed by atoms with Crippen LogP contribution in [0.2, 0.25) is 0 Å². The Kier molecular flexibility index (Phi) is 7.11. The second-order valence-electron chi connectivity index (χ2n) is 7.29. The molecule has 1 amide bonds. The summed E-state index contributed by atoms with van der Waals surface area (Å²) in [6.07, 6.45) is 1.30. The minimum Gasteiger partial charge on any atom is -0.496 e. The van der Waals surface area contributed by atoms with Crippen LogP contribution in [-0.4, -0.2) is 37.5 Å². The molecule has 0 saturated heterocycles. The third-order valence-electron chi connectivity index (χ3n) is 5.17. The molecule has 0 unspecified atom stereocenters. The number of nitrogens with zero attached hydrogens (tertiary/aromatic N) is 2. The van der Waals surface area contributed by atoms with Crippen molar-refractivity contribution in [1.82, 2.24) is 15.5 Å². The van der Waals surface area contributed by atoms with Gasteiger partial charge in [-0.1, -0.05) is 36.4 Å². The van der Waals surface area contributed by atoms with Crippen molar-refractivity contribution in [1.29, 1.82) is 0 Å². The number of carbonyl (C=O) groups excluding carboxylic acids is 1. The summed E-state index contributed by atoms with van der Waals surface area (Å²) in [5.41, 5.74) is 4.76. The largest absolute Gasteiger partial charge is 0.496 e. The summed E-state index contributed by atoms with van der Waals surface area (Å²) in [6, 6.07) is 14.4. The summed E-state index contributed by atoms with van der Waals surface area (Å²) < 4.78 is 5.45. The van der Waals surface area contributed by atoms with E-state index in [-0.39, 0.29) is 5.91 Å². The average Bonchev–Trinajstić information content (AvgIpc) is 3.18. The van der Waals surface area contributed by atoms with Gasteiger partial charge in [0.15, 0.2) is 5.96 Å². The fraction of sp³-hybridized carbons (Fsp3) is 0.391. The summed E-state index contributed by atoms with van der Waals surface area (Å²) in [4.78, 5) is 18.7. The van der Waals surface area contributed by atoms with E-state index in [0.29, 0.717) is 25.5 Å². The predicted octanol–water partition coefficient (Wildman–Crippen LogP) is 2.99. The third-order valence-corrected chi connectivity index (χ3v) is 5.17. The molecule has 0 saturated carbocycles. The number of methoxy groups -OCH3 is 1. The third kappa shape index (κ3) is 5.50. The minimum atomic E-state index is 0.204. The highest BCUT2D eigenvalue weighted by atomic mass is 16.5. The van der Waals surface area contributed by atoms with Crippen molar-refractivity contribution in [2.45, 2.75) is 39.4 Å². The summed E-state index contributed by atoms with van der Waals surface area (Å²) >= 11 is 0. The SMILES string of the molecule is CN=C(NCCCC(=O)N1Cc2ccccc2C1)NCc1ccc(C)cc1OC. The molecule has 2 aromatic carbocycles. The Hall–Kier alpha value is -3.02. The molecule has 0 bridgehead atoms. The number of hydrogen-bond acceptors (Lipinski definition) is 3. The van der Waals surface area contributed by atoms with Gasteiger partial charge in [0, 0.05) is 45.2 Å². The first-order valence-electron chi connectivity index (χ1n) is 10.0. The van der Waals surface area contributed by atoms with Crippen LogP contribution in [0, 0.1) is 6.92 Å². The molecule has 29 heavy (non-hydrogen) atoms. The monoisotopic (exact) mass is 394 g/mol. The fourth-order valence-corrected chi connectivity index (χ4v) is 3.51. The lowest BCUT2D eigenvalue weighted by atomic mass is 10.1. The lowest BCUT2D eigenvalue weighted by molar-refractivity contribution is -0.131. The van der Waals surface area contributed by atoms with Gasteiger partial charge in [-0.15, -0.1) is 0 Å². The van der Waals surface area contributed by atoms with Gasteiger partial charge in [-0.05, 0) is 36.1 Å². The Morgan fingerprint density at radius 1 is 1.14 bits per heavy atom. The van der Waals surface area contributed by atoms with Gasteiger partial charge in [0.1, 0.15) is 5.75 Å². The lowest BCUT2D eigenvalue weighted by Crippen LogP contribution is -2.37. The molecule has 3 rings (SSSR count). The summed E-state index contributed by atoms with van der Waals surface area (Å²) in [5, 5.41) is 6.58. The molecule has 0 aromatic heterocycles. The zero-order chi connectivity index (χ0) is 20.6. The standard InChI is InChI=1S/C23H30N4O2/c1-17-10-11-18(21(13-17)29-3)14-26-23(24-2)25-12-6-9-22(28)27-15-19-7-4-5-8-20(19)16-27/h4-5,7-8,10-11,13H,6,9,12,14-16H2,1-3H3,(H2,24,25,26). The number of aliphatic imine (C=N–C) groups is 1. The van der Waals surface area contributed by atoms with Crippen LogP contribution in [0.15, 0.2) is 47.5 Å². The Morgan fingerprint density at radius 2 is 1.86 bits per heavy atom. The zero-order valence-electron chi connectivity index (χ0n) is 17.5. The van der Waals surface area contributed by atoms with Crippen molar-refractivity contribution in [3.05, 3.63) is 64.7 Å². The van der Waals surface area contributed by atoms with Crippen LogP contribution in [-0.2, 0) is 24.4 Å². The maximum Gasteiger partial charge on any atom is 0.223 e. The number of guanidine groups is 1. The van der Waals surface area contributed by atoms with Crippen LogP contribution in [0.25, 0.3) is 0 Å². The van der Waals surface area contributed by atoms with Gasteiger partial charge in [-0.3, -0.25) is 9.79 Å². The summed E-state index contributed by atoms with van der Waals surface area (Å²) in [6.45, 7) is 4.81. The molecule has 0 aliphatic carbocycles. The zero-order valence-corrected chi connectivity index (χ0v) is 17.5. The second-order valence-corrected chi connectivity index (χ2v) is 7.29. The molecule has 154 valence electrons. The number of nitrogens with one attached hydrogen (secondary N) is 2. The second kappa shape index (κ2) is 9.96. The van der Waals surface area contributed by atoms with Crippen molar-refractivity contribution >= 4 is 11.9 Å². The van der Waals surface area contributed by atoms with E-state index in [1.54, 1.807) is 14.2 Å². The van der Waals surface area contributed by atoms with E-state index < -0.39 is 0 Å². The van der Waals surface area contributed by atoms with E-state index in [4.69, 9.17) is 4.74 Å². The number of aryl methyl sites for hydroxylation is 1. The molecule has 1 heterocycles. The van der Waals surface area contributed by atoms with Gasteiger partial charge >= 0.3 is 0 Å². The van der Waals surface area contributed by atoms with Gasteiger partial charge in [0.05, 0.1) is 7.11 Å². The first-order valence-corrected chi connectivity index (χ1v) is 10.0. The molecule has 2 aromatic rings. The lowest BCUT2D eigenvalue weighted by Gasteiger charge is -2.16. The van der Waals surface area contributed by atoms with Crippen LogP contribution in [0.1, 0.15) is 35.1 Å². The van der Waals surface area contributed by atoms with Crippen molar-refractivity contribution in [2.75, 3.05) is 20.7 Å². The Labute approximate surface area is 173 Å². The van der Waals surface area contributed by atoms with Crippen LogP contribution in [0.5, 0.6) is 5.75 Å². The van der Waals surface area contributed by atoms with E-state index in [1.165, 1.54) is 16.7 Å². The van der Waals surface area contributed by atoms with E-state index >= 15 is 0 Å². The first-order chi connectivity index (χ1) is 14.1. The highest BCUT2D eigenvalue weighted by molar-refractivity contribution is 5.80. The number of ether oxygens (including phenoxy) is 1. The smallest absolute Gasteiger partial charge is 0.223 e. The van der Waals surface area contributed by atoms with Crippen molar-refractivity contribution < 1.29 is 9.53 Å². The van der Waals surface area contributed by atoms with Crippen LogP contribution in [0.4, 0.5) is 0 Å². The van der Waals surface area contributed by atoms with E-state index in [9.17, 15) is 4.79 Å². The van der Waals surface area contributed by atoms with Crippen LogP contribution in [0.3, 0.4) is 0 Å². The molecule has 6 heteroatoms. The molecule has 0 radical (unpaired) electrons. The predicted molar refractivity (Wildman–Crippen MR) is 116 cm³/mol. The quantitative estimate of drug-likeness (QED) is 0.430. The van der Waals surface area contributed by atoms with Gasteiger partial charge < -0.3 is 20.3 Å². The van der Waals surface area contributed by atoms with Gasteiger partial charge in [-0.2, -0.15) is 0 Å². The molecular weight excluding hydrogens is 364 g/mol. The number of benzene rings is 2. The molecule has 1 aliphatic heterocycles. The summed E-state index contributed by atoms with van der Waals surface area (Å²) in [7, 11) is 3.43. The molecular formula is C23H30N4O2. The Balaban J connectivity index is 1.39. The molecule has 2 N–H and O–H groups in total. The number of carbonyl (C=O) groups is 1. The van der Waals surface area contributed by atoms with Gasteiger partial charge in [-0.25, -0.2) is 0 Å². The molecule has 0 spiro atoms. The number of hydrogen-bond donors (Lipinski definition) is 2. The number of fused-ring (bicyclic) bond motifs is 1. The Bertz CT molecular complexity index is 854. The highest BCUT2D eigenvalue weighted by Crippen LogP contribution is 2.23. The highest BCUT2D eigenvalue weighted by Gasteiger charge is 2.22. The van der Waals surface area contributed by atoms with Crippen LogP contribution >= 0.6 is 0 Å². The molecule has 0 fully saturated rings. The normalized spacial score (nSPS) is 13.2. The topological polar surface area (TPSA) is 66.0 Å². The fourth-order valence-electron chi connectivity index (χ4n) is 3.51. The molecule has 1 aliphatic rings. The van der Waals surface area contributed by atoms with Crippen molar-refractivity contribution in [3.8, 4) is 5.75 Å². The summed E-state index contributed by atoms with van der Waals surface area (Å²) in [5.74, 6) is 1.79. The van der Waals surface area contributed by atoms with E-state index in [2.05, 4.69) is 39.9 Å². The van der Waals surface area contributed by atoms with Crippen molar-refractivity contribution in [2.24, 2.45) is 4.99 Å². The average molecular weight is 395 g/mol. The molecule has 0 atom stereocenters. The Morgan fingerprint density at radius 3 is 2.52 bits per heavy atom. The number of amides is 1. The minimum absolute atomic E-state index is 0.204. The van der Waals surface area contributed by atoms with E-state index in [0.717, 1.165) is 30.8 Å². The van der Waals surface area contributed by atoms with Crippen molar-refractivity contribution in [3.63, 3.8) is 0 Å². The maximum atomic E-state index is 12.5. The maximum absolute atomic E-state index is 12.5. The van der Waals surface area contributed by atoms with Crippen LogP contribution < -0.4 is 15.4 Å². The number of rotatable bonds is 7. The first kappa shape index (κ1) is 20.7. The molecule has 6 nitrogen and oxygen atoms in total.